The molecule has 1 amide bonds. The number of amides is 1. The van der Waals surface area contributed by atoms with Crippen LogP contribution in [0.3, 0.4) is 0 Å². The van der Waals surface area contributed by atoms with Gasteiger partial charge in [0.25, 0.3) is 0 Å². The van der Waals surface area contributed by atoms with E-state index in [-0.39, 0.29) is 11.4 Å². The van der Waals surface area contributed by atoms with Crippen LogP contribution >= 0.6 is 0 Å². The molecule has 0 aromatic heterocycles. The zero-order chi connectivity index (χ0) is 16.2. The van der Waals surface area contributed by atoms with E-state index in [2.05, 4.69) is 5.32 Å². The van der Waals surface area contributed by atoms with Gasteiger partial charge < -0.3 is 9.47 Å². The van der Waals surface area contributed by atoms with Crippen molar-refractivity contribution in [1.29, 1.82) is 0 Å². The van der Waals surface area contributed by atoms with E-state index >= 15 is 0 Å². The zero-order valence-electron chi connectivity index (χ0n) is 11.5. The lowest BCUT2D eigenvalue weighted by Crippen LogP contribution is -2.16. The van der Waals surface area contributed by atoms with Crippen LogP contribution in [0.2, 0.25) is 0 Å². The lowest BCUT2D eigenvalue weighted by Gasteiger charge is -2.09. The number of carbonyl (C=O) groups is 1. The first-order chi connectivity index (χ1) is 10.4. The van der Waals surface area contributed by atoms with Crippen molar-refractivity contribution in [2.24, 2.45) is 0 Å². The van der Waals surface area contributed by atoms with Crippen molar-refractivity contribution in [2.75, 3.05) is 12.4 Å². The monoisotopic (exact) mass is 311 g/mol. The third kappa shape index (κ3) is 4.15. The molecule has 0 aliphatic carbocycles. The molecule has 0 saturated carbocycles. The average Bonchev–Trinajstić information content (AvgIpc) is 2.47. The van der Waals surface area contributed by atoms with Gasteiger partial charge in [-0.2, -0.15) is 13.2 Å². The maximum absolute atomic E-state index is 12.4. The second kappa shape index (κ2) is 6.38. The molecule has 116 valence electrons. The third-order valence-electron chi connectivity index (χ3n) is 2.73. The summed E-state index contributed by atoms with van der Waals surface area (Å²) < 4.78 is 47.2. The highest BCUT2D eigenvalue weighted by Gasteiger charge is 2.29. The van der Waals surface area contributed by atoms with Crippen LogP contribution in [0, 0.1) is 0 Å². The fraction of sp³-hybridized carbons (Fsp3) is 0.133. The van der Waals surface area contributed by atoms with Crippen LogP contribution in [0.1, 0.15) is 5.56 Å². The minimum absolute atomic E-state index is 0.200. The molecular formula is C15H12F3NO3. The van der Waals surface area contributed by atoms with Crippen LogP contribution in [-0.4, -0.2) is 13.2 Å². The van der Waals surface area contributed by atoms with Gasteiger partial charge in [-0.05, 0) is 48.5 Å². The summed E-state index contributed by atoms with van der Waals surface area (Å²) >= 11 is 0. The van der Waals surface area contributed by atoms with Crippen LogP contribution in [-0.2, 0) is 6.18 Å². The number of hydrogen-bond donors (Lipinski definition) is 1. The van der Waals surface area contributed by atoms with Crippen molar-refractivity contribution < 1.29 is 27.4 Å². The number of carbonyl (C=O) groups excluding carboxylic acids is 1. The number of rotatable bonds is 3. The van der Waals surface area contributed by atoms with Gasteiger partial charge in [-0.25, -0.2) is 4.79 Å². The average molecular weight is 311 g/mol. The molecule has 0 bridgehead atoms. The Bertz CT molecular complexity index is 637. The second-order valence-electron chi connectivity index (χ2n) is 4.27. The summed E-state index contributed by atoms with van der Waals surface area (Å²) in [5.41, 5.74) is -0.590. The molecule has 2 aromatic carbocycles. The summed E-state index contributed by atoms with van der Waals surface area (Å²) in [6.45, 7) is 0. The van der Waals surface area contributed by atoms with Crippen molar-refractivity contribution in [3.05, 3.63) is 54.1 Å². The molecule has 2 rings (SSSR count). The Hall–Kier alpha value is -2.70. The largest absolute Gasteiger partial charge is 0.497 e. The molecule has 0 unspecified atom stereocenters. The predicted octanol–water partition coefficient (Wildman–Crippen LogP) is 4.32. The van der Waals surface area contributed by atoms with E-state index in [0.29, 0.717) is 5.75 Å². The number of ether oxygens (including phenoxy) is 2. The van der Waals surface area contributed by atoms with Gasteiger partial charge in [0.15, 0.2) is 0 Å². The van der Waals surface area contributed by atoms with Gasteiger partial charge in [0.05, 0.1) is 12.7 Å². The van der Waals surface area contributed by atoms with E-state index in [1.165, 1.54) is 19.2 Å². The van der Waals surface area contributed by atoms with E-state index in [9.17, 15) is 18.0 Å². The van der Waals surface area contributed by atoms with E-state index in [1.54, 1.807) is 12.1 Å². The molecule has 0 spiro atoms. The minimum Gasteiger partial charge on any atom is -0.497 e. The molecule has 0 radical (unpaired) electrons. The highest BCUT2D eigenvalue weighted by Crippen LogP contribution is 2.29. The molecule has 22 heavy (non-hydrogen) atoms. The van der Waals surface area contributed by atoms with Gasteiger partial charge in [0.1, 0.15) is 11.5 Å². The molecule has 0 aliphatic rings. The molecule has 1 N–H and O–H groups in total. The summed E-state index contributed by atoms with van der Waals surface area (Å²) in [6.07, 6.45) is -5.22. The van der Waals surface area contributed by atoms with Crippen molar-refractivity contribution in [3.8, 4) is 11.5 Å². The first kappa shape index (κ1) is 15.7. The fourth-order valence-electron chi connectivity index (χ4n) is 1.64. The van der Waals surface area contributed by atoms with Crippen LogP contribution in [0.4, 0.5) is 23.7 Å². The highest BCUT2D eigenvalue weighted by atomic mass is 19.4. The molecule has 0 saturated heterocycles. The maximum Gasteiger partial charge on any atom is 0.417 e. The number of nitrogens with one attached hydrogen (secondary N) is 1. The number of benzene rings is 2. The highest BCUT2D eigenvalue weighted by molar-refractivity contribution is 5.86. The molecule has 0 fully saturated rings. The summed E-state index contributed by atoms with van der Waals surface area (Å²) in [5.74, 6) is 0.890. The van der Waals surface area contributed by atoms with E-state index in [0.717, 1.165) is 24.3 Å². The Morgan fingerprint density at radius 1 is 0.955 bits per heavy atom. The van der Waals surface area contributed by atoms with Crippen molar-refractivity contribution in [1.82, 2.24) is 0 Å². The van der Waals surface area contributed by atoms with Crippen molar-refractivity contribution >= 4 is 11.8 Å². The normalized spacial score (nSPS) is 10.9. The molecule has 0 atom stereocenters. The molecule has 2 aromatic rings. The summed E-state index contributed by atoms with van der Waals surface area (Å²) in [5, 5.41) is 2.34. The van der Waals surface area contributed by atoms with Gasteiger partial charge in [0.2, 0.25) is 0 Å². The topological polar surface area (TPSA) is 47.6 Å². The summed E-state index contributed by atoms with van der Waals surface area (Å²) in [6, 6.07) is 10.3. The quantitative estimate of drug-likeness (QED) is 0.918. The van der Waals surface area contributed by atoms with Crippen LogP contribution in [0.25, 0.3) is 0 Å². The van der Waals surface area contributed by atoms with Gasteiger partial charge in [-0.3, -0.25) is 5.32 Å². The number of alkyl halides is 3. The third-order valence-corrected chi connectivity index (χ3v) is 2.73. The zero-order valence-corrected chi connectivity index (χ0v) is 11.5. The van der Waals surface area contributed by atoms with Crippen LogP contribution in [0.15, 0.2) is 48.5 Å². The van der Waals surface area contributed by atoms with Crippen LogP contribution < -0.4 is 14.8 Å². The Morgan fingerprint density at radius 2 is 1.50 bits per heavy atom. The van der Waals surface area contributed by atoms with E-state index in [4.69, 9.17) is 9.47 Å². The SMILES string of the molecule is COc1ccc(OC(=O)Nc2ccc(C(F)(F)F)cc2)cc1. The lowest BCUT2D eigenvalue weighted by atomic mass is 10.2. The molecule has 7 heteroatoms. The number of anilines is 1. The van der Waals surface area contributed by atoms with Gasteiger partial charge in [0, 0.05) is 5.69 Å². The molecule has 0 heterocycles. The Labute approximate surface area is 124 Å². The van der Waals surface area contributed by atoms with Gasteiger partial charge in [-0.15, -0.1) is 0 Å². The number of halogens is 3. The number of methoxy groups -OCH3 is 1. The fourth-order valence-corrected chi connectivity index (χ4v) is 1.64. The Kier molecular flexibility index (Phi) is 4.55. The van der Waals surface area contributed by atoms with E-state index in [1.807, 2.05) is 0 Å². The second-order valence-corrected chi connectivity index (χ2v) is 4.27. The molecule has 0 aliphatic heterocycles. The van der Waals surface area contributed by atoms with Crippen molar-refractivity contribution in [2.45, 2.75) is 6.18 Å². The summed E-state index contributed by atoms with van der Waals surface area (Å²) in [7, 11) is 1.51. The first-order valence-corrected chi connectivity index (χ1v) is 6.18. The summed E-state index contributed by atoms with van der Waals surface area (Å²) in [4.78, 5) is 11.6. The van der Waals surface area contributed by atoms with Crippen LogP contribution in [0.5, 0.6) is 11.5 Å². The van der Waals surface area contributed by atoms with E-state index < -0.39 is 17.8 Å². The Balaban J connectivity index is 1.96. The standard InChI is InChI=1S/C15H12F3NO3/c1-21-12-6-8-13(9-7-12)22-14(20)19-11-4-2-10(3-5-11)15(16,17)18/h2-9H,1H3,(H,19,20). The first-order valence-electron chi connectivity index (χ1n) is 6.18. The number of hydrogen-bond acceptors (Lipinski definition) is 3. The van der Waals surface area contributed by atoms with Gasteiger partial charge >= 0.3 is 12.3 Å². The predicted molar refractivity (Wildman–Crippen MR) is 74.1 cm³/mol. The lowest BCUT2D eigenvalue weighted by molar-refractivity contribution is -0.137. The maximum atomic E-state index is 12.4. The van der Waals surface area contributed by atoms with Gasteiger partial charge in [-0.1, -0.05) is 0 Å². The molecule has 4 nitrogen and oxygen atoms in total. The smallest absolute Gasteiger partial charge is 0.417 e. The molecular weight excluding hydrogens is 299 g/mol. The Morgan fingerprint density at radius 3 is 2.00 bits per heavy atom. The van der Waals surface area contributed by atoms with Crippen molar-refractivity contribution in [3.63, 3.8) is 0 Å². The minimum atomic E-state index is -4.41.